The van der Waals surface area contributed by atoms with E-state index in [0.717, 1.165) is 0 Å². The molecule has 3 aromatic carbocycles. The molecule has 3 aromatic rings. The quantitative estimate of drug-likeness (QED) is 0.512. The van der Waals surface area contributed by atoms with Gasteiger partial charge in [-0.05, 0) is 53.7 Å². The van der Waals surface area contributed by atoms with Crippen LogP contribution in [0.25, 0.3) is 27.6 Å². The fourth-order valence-electron chi connectivity index (χ4n) is 3.48. The van der Waals surface area contributed by atoms with Gasteiger partial charge in [-0.2, -0.15) is 0 Å². The third kappa shape index (κ3) is 2.27. The molecule has 1 aliphatic rings. The minimum Gasteiger partial charge on any atom is -0.297 e. The molecule has 0 fully saturated rings. The summed E-state index contributed by atoms with van der Waals surface area (Å²) in [5, 5.41) is 5.42. The van der Waals surface area contributed by atoms with Gasteiger partial charge in [-0.3, -0.25) is 4.90 Å². The fourth-order valence-corrected chi connectivity index (χ4v) is 3.48. The summed E-state index contributed by atoms with van der Waals surface area (Å²) in [6.07, 6.45) is 4.61. The van der Waals surface area contributed by atoms with Crippen molar-refractivity contribution >= 4 is 27.6 Å². The van der Waals surface area contributed by atoms with Crippen molar-refractivity contribution in [3.05, 3.63) is 65.7 Å². The SMILES string of the molecule is CC.CN(C)C1(C)C=Cc2cccc3ccc4cccc1c4c23. The Bertz CT molecular complexity index is 889. The van der Waals surface area contributed by atoms with Crippen LogP contribution in [0, 0.1) is 0 Å². The summed E-state index contributed by atoms with van der Waals surface area (Å²) in [5.74, 6) is 0. The van der Waals surface area contributed by atoms with E-state index in [9.17, 15) is 0 Å². The van der Waals surface area contributed by atoms with Gasteiger partial charge in [0.1, 0.15) is 0 Å². The second-order valence-electron chi connectivity index (χ2n) is 6.29. The lowest BCUT2D eigenvalue weighted by Gasteiger charge is -2.34. The first-order valence-corrected chi connectivity index (χ1v) is 8.43. The molecule has 0 aromatic heterocycles. The maximum Gasteiger partial charge on any atom is 0.0621 e. The smallest absolute Gasteiger partial charge is 0.0621 e. The predicted octanol–water partition coefficient (Wildman–Crippen LogP) is 5.82. The van der Waals surface area contributed by atoms with E-state index in [2.05, 4.69) is 86.6 Å². The van der Waals surface area contributed by atoms with Crippen LogP contribution in [0.15, 0.2) is 54.6 Å². The predicted molar refractivity (Wildman–Crippen MR) is 103 cm³/mol. The molecule has 0 aliphatic heterocycles. The van der Waals surface area contributed by atoms with Crippen molar-refractivity contribution in [1.82, 2.24) is 4.90 Å². The second-order valence-corrected chi connectivity index (χ2v) is 6.29. The zero-order valence-electron chi connectivity index (χ0n) is 14.7. The Labute approximate surface area is 139 Å². The monoisotopic (exact) mass is 303 g/mol. The first kappa shape index (κ1) is 15.8. The molecule has 0 bridgehead atoms. The Hall–Kier alpha value is -2.12. The van der Waals surface area contributed by atoms with Gasteiger partial charge in [0.05, 0.1) is 5.54 Å². The van der Waals surface area contributed by atoms with E-state index < -0.39 is 0 Å². The molecule has 0 amide bonds. The van der Waals surface area contributed by atoms with E-state index in [4.69, 9.17) is 0 Å². The lowest BCUT2D eigenvalue weighted by molar-refractivity contribution is 0.236. The van der Waals surface area contributed by atoms with Gasteiger partial charge in [-0.25, -0.2) is 0 Å². The van der Waals surface area contributed by atoms with Crippen LogP contribution in [0.4, 0.5) is 0 Å². The standard InChI is InChI=1S/C20H19N.C2H6/c1-20(21(2)3)13-12-16-7-4-6-14-10-11-15-8-5-9-17(20)19(15)18(14)16;1-2/h4-13H,1-3H3;1-2H3. The van der Waals surface area contributed by atoms with Gasteiger partial charge >= 0.3 is 0 Å². The van der Waals surface area contributed by atoms with E-state index in [0.29, 0.717) is 0 Å². The van der Waals surface area contributed by atoms with E-state index in [-0.39, 0.29) is 5.54 Å². The Kier molecular flexibility index (Phi) is 3.99. The van der Waals surface area contributed by atoms with Gasteiger partial charge in [0.15, 0.2) is 0 Å². The number of hydrogen-bond acceptors (Lipinski definition) is 1. The molecule has 0 N–H and O–H groups in total. The van der Waals surface area contributed by atoms with Gasteiger partial charge in [0.2, 0.25) is 0 Å². The van der Waals surface area contributed by atoms with E-state index in [1.54, 1.807) is 0 Å². The molecule has 23 heavy (non-hydrogen) atoms. The maximum absolute atomic E-state index is 2.33. The minimum absolute atomic E-state index is 0.0905. The molecule has 1 atom stereocenters. The van der Waals surface area contributed by atoms with Crippen LogP contribution in [0.3, 0.4) is 0 Å². The van der Waals surface area contributed by atoms with Crippen molar-refractivity contribution in [3.63, 3.8) is 0 Å². The zero-order chi connectivity index (χ0) is 16.6. The highest BCUT2D eigenvalue weighted by Crippen LogP contribution is 2.41. The molecule has 4 rings (SSSR count). The summed E-state index contributed by atoms with van der Waals surface area (Å²) < 4.78 is 0. The van der Waals surface area contributed by atoms with Crippen molar-refractivity contribution in [2.24, 2.45) is 0 Å². The summed E-state index contributed by atoms with van der Waals surface area (Å²) in [6.45, 7) is 6.29. The minimum atomic E-state index is -0.0905. The van der Waals surface area contributed by atoms with Crippen LogP contribution in [-0.4, -0.2) is 19.0 Å². The van der Waals surface area contributed by atoms with Gasteiger partial charge in [0, 0.05) is 0 Å². The van der Waals surface area contributed by atoms with Crippen molar-refractivity contribution in [3.8, 4) is 0 Å². The highest BCUT2D eigenvalue weighted by Gasteiger charge is 2.30. The first-order chi connectivity index (χ1) is 11.1. The topological polar surface area (TPSA) is 3.24 Å². The highest BCUT2D eigenvalue weighted by molar-refractivity contribution is 6.13. The summed E-state index contributed by atoms with van der Waals surface area (Å²) >= 11 is 0. The molecule has 0 heterocycles. The lowest BCUT2D eigenvalue weighted by atomic mass is 9.86. The van der Waals surface area contributed by atoms with Gasteiger partial charge in [-0.15, -0.1) is 0 Å². The molecule has 118 valence electrons. The van der Waals surface area contributed by atoms with Crippen molar-refractivity contribution in [2.45, 2.75) is 26.3 Å². The van der Waals surface area contributed by atoms with Crippen LogP contribution >= 0.6 is 0 Å². The fraction of sp³-hybridized carbons (Fsp3) is 0.273. The molecule has 0 saturated carbocycles. The maximum atomic E-state index is 2.33. The Balaban J connectivity index is 0.000000753. The molecule has 1 nitrogen and oxygen atoms in total. The van der Waals surface area contributed by atoms with Crippen LogP contribution in [0.2, 0.25) is 0 Å². The Morgan fingerprint density at radius 2 is 1.39 bits per heavy atom. The molecular weight excluding hydrogens is 278 g/mol. The molecule has 1 aliphatic carbocycles. The number of benzene rings is 3. The summed E-state index contributed by atoms with van der Waals surface area (Å²) in [7, 11) is 4.30. The Morgan fingerprint density at radius 3 is 2.04 bits per heavy atom. The number of nitrogens with zero attached hydrogens (tertiary/aromatic N) is 1. The zero-order valence-corrected chi connectivity index (χ0v) is 14.7. The number of hydrogen-bond donors (Lipinski definition) is 0. The summed E-state index contributed by atoms with van der Waals surface area (Å²) in [4.78, 5) is 2.29. The third-order valence-electron chi connectivity index (χ3n) is 4.98. The van der Waals surface area contributed by atoms with Crippen LogP contribution in [-0.2, 0) is 5.54 Å². The average Bonchev–Trinajstić information content (AvgIpc) is 2.73. The first-order valence-electron chi connectivity index (χ1n) is 8.43. The van der Waals surface area contributed by atoms with E-state index >= 15 is 0 Å². The van der Waals surface area contributed by atoms with Crippen LogP contribution in [0.1, 0.15) is 31.9 Å². The molecular formula is C22H25N. The highest BCUT2D eigenvalue weighted by atomic mass is 15.1. The van der Waals surface area contributed by atoms with Crippen molar-refractivity contribution in [2.75, 3.05) is 14.1 Å². The van der Waals surface area contributed by atoms with Crippen LogP contribution in [0.5, 0.6) is 0 Å². The number of rotatable bonds is 1. The van der Waals surface area contributed by atoms with Gasteiger partial charge in [-0.1, -0.05) is 74.5 Å². The molecule has 0 radical (unpaired) electrons. The summed E-state index contributed by atoms with van der Waals surface area (Å²) in [6, 6.07) is 17.7. The summed E-state index contributed by atoms with van der Waals surface area (Å²) in [5.41, 5.74) is 2.61. The molecule has 0 saturated heterocycles. The second kappa shape index (κ2) is 5.82. The molecule has 1 unspecified atom stereocenters. The van der Waals surface area contributed by atoms with Crippen molar-refractivity contribution in [1.29, 1.82) is 0 Å². The normalized spacial score (nSPS) is 19.0. The van der Waals surface area contributed by atoms with Crippen molar-refractivity contribution < 1.29 is 0 Å². The van der Waals surface area contributed by atoms with E-state index in [1.807, 2.05) is 13.8 Å². The van der Waals surface area contributed by atoms with Crippen LogP contribution < -0.4 is 0 Å². The molecule has 0 spiro atoms. The average molecular weight is 303 g/mol. The third-order valence-corrected chi connectivity index (χ3v) is 4.98. The lowest BCUT2D eigenvalue weighted by Crippen LogP contribution is -2.36. The Morgan fingerprint density at radius 1 is 0.783 bits per heavy atom. The molecule has 1 heteroatoms. The largest absolute Gasteiger partial charge is 0.297 e. The van der Waals surface area contributed by atoms with Gasteiger partial charge < -0.3 is 0 Å². The number of likely N-dealkylation sites (N-methyl/N-ethyl adjacent to an activating group) is 1. The van der Waals surface area contributed by atoms with Gasteiger partial charge in [0.25, 0.3) is 0 Å². The van der Waals surface area contributed by atoms with E-state index in [1.165, 1.54) is 32.7 Å².